The van der Waals surface area contributed by atoms with Crippen LogP contribution in [0.1, 0.15) is 37.1 Å². The fraction of sp³-hybridized carbons (Fsp3) is 0.333. The summed E-state index contributed by atoms with van der Waals surface area (Å²) in [6.07, 6.45) is 10.2. The van der Waals surface area contributed by atoms with Crippen LogP contribution in [0.15, 0.2) is 49.1 Å². The minimum atomic E-state index is -0.187. The molecular formula is C24H24Cl2N6O2. The third-order valence-electron chi connectivity index (χ3n) is 6.23. The van der Waals surface area contributed by atoms with Crippen LogP contribution in [0.5, 0.6) is 0 Å². The molecule has 0 spiro atoms. The second-order valence-electron chi connectivity index (χ2n) is 8.69. The Kier molecular flexibility index (Phi) is 6.43. The van der Waals surface area contributed by atoms with Crippen LogP contribution >= 0.6 is 23.2 Å². The van der Waals surface area contributed by atoms with Crippen molar-refractivity contribution in [1.82, 2.24) is 29.4 Å². The molecule has 0 aliphatic heterocycles. The van der Waals surface area contributed by atoms with Gasteiger partial charge in [-0.1, -0.05) is 29.6 Å². The van der Waals surface area contributed by atoms with Gasteiger partial charge in [-0.3, -0.25) is 9.59 Å². The first-order valence-electron chi connectivity index (χ1n) is 11.3. The number of hydrogen-bond donors (Lipinski definition) is 2. The molecule has 10 heteroatoms. The first-order chi connectivity index (χ1) is 16.4. The molecule has 176 valence electrons. The third-order valence-corrected chi connectivity index (χ3v) is 6.68. The fourth-order valence-electron chi connectivity index (χ4n) is 4.51. The number of halogens is 2. The third kappa shape index (κ3) is 5.03. The summed E-state index contributed by atoms with van der Waals surface area (Å²) < 4.78 is 3.67. The number of pyridine rings is 2. The van der Waals surface area contributed by atoms with E-state index in [4.69, 9.17) is 23.2 Å². The Morgan fingerprint density at radius 2 is 1.26 bits per heavy atom. The summed E-state index contributed by atoms with van der Waals surface area (Å²) in [7, 11) is 0. The highest BCUT2D eigenvalue weighted by Gasteiger charge is 2.31. The van der Waals surface area contributed by atoms with Gasteiger partial charge in [-0.15, -0.1) is 0 Å². The average Bonchev–Trinajstić information content (AvgIpc) is 3.43. The summed E-state index contributed by atoms with van der Waals surface area (Å²) in [5.41, 5.74) is 3.07. The molecule has 34 heavy (non-hydrogen) atoms. The largest absolute Gasteiger partial charge is 0.350 e. The maximum absolute atomic E-state index is 12.8. The summed E-state index contributed by atoms with van der Waals surface area (Å²) >= 11 is 12.0. The van der Waals surface area contributed by atoms with Gasteiger partial charge in [0.15, 0.2) is 0 Å². The highest BCUT2D eigenvalue weighted by atomic mass is 35.5. The van der Waals surface area contributed by atoms with Crippen molar-refractivity contribution in [2.45, 2.75) is 38.8 Å². The van der Waals surface area contributed by atoms with E-state index in [0.29, 0.717) is 29.6 Å². The van der Waals surface area contributed by atoms with Crippen LogP contribution in [-0.4, -0.2) is 30.6 Å². The molecule has 4 aromatic rings. The molecule has 2 atom stereocenters. The molecule has 0 radical (unpaired) electrons. The van der Waals surface area contributed by atoms with E-state index in [1.807, 2.05) is 33.3 Å². The van der Waals surface area contributed by atoms with Crippen molar-refractivity contribution >= 4 is 46.3 Å². The quantitative estimate of drug-likeness (QED) is 0.419. The SMILES string of the molecule is O=C(NCc1cn2cc(Cl)ccc2n1)C1CCCC(C(=O)NCc2cn3cc(Cl)ccc3n2)C1. The first-order valence-corrected chi connectivity index (χ1v) is 12.0. The molecule has 1 aliphatic rings. The number of imidazole rings is 2. The van der Waals surface area contributed by atoms with Gasteiger partial charge in [0, 0.05) is 36.6 Å². The maximum atomic E-state index is 12.8. The molecule has 0 aromatic carbocycles. The second kappa shape index (κ2) is 9.64. The maximum Gasteiger partial charge on any atom is 0.223 e. The summed E-state index contributed by atoms with van der Waals surface area (Å²) in [6, 6.07) is 7.23. The van der Waals surface area contributed by atoms with Gasteiger partial charge in [0.25, 0.3) is 0 Å². The van der Waals surface area contributed by atoms with Gasteiger partial charge in [-0.2, -0.15) is 0 Å². The fourth-order valence-corrected chi connectivity index (χ4v) is 4.85. The molecule has 4 aromatic heterocycles. The second-order valence-corrected chi connectivity index (χ2v) is 9.56. The van der Waals surface area contributed by atoms with Gasteiger partial charge < -0.3 is 19.4 Å². The molecular weight excluding hydrogens is 475 g/mol. The van der Waals surface area contributed by atoms with Crippen molar-refractivity contribution < 1.29 is 9.59 Å². The zero-order valence-corrected chi connectivity index (χ0v) is 19.9. The lowest BCUT2D eigenvalue weighted by Gasteiger charge is -2.27. The lowest BCUT2D eigenvalue weighted by molar-refractivity contribution is -0.130. The van der Waals surface area contributed by atoms with E-state index in [-0.39, 0.29) is 23.7 Å². The summed E-state index contributed by atoms with van der Waals surface area (Å²) in [4.78, 5) is 34.6. The summed E-state index contributed by atoms with van der Waals surface area (Å²) in [6.45, 7) is 0.673. The van der Waals surface area contributed by atoms with Crippen molar-refractivity contribution in [2.24, 2.45) is 11.8 Å². The number of carbonyl (C=O) groups excluding carboxylic acids is 2. The van der Waals surface area contributed by atoms with E-state index in [1.54, 1.807) is 24.5 Å². The number of hydrogen-bond acceptors (Lipinski definition) is 4. The van der Waals surface area contributed by atoms with Gasteiger partial charge >= 0.3 is 0 Å². The minimum absolute atomic E-state index is 0.0372. The Bertz CT molecular complexity index is 1260. The predicted molar refractivity (Wildman–Crippen MR) is 130 cm³/mol. The Morgan fingerprint density at radius 1 is 0.794 bits per heavy atom. The zero-order chi connectivity index (χ0) is 23.7. The van der Waals surface area contributed by atoms with Crippen molar-refractivity contribution in [1.29, 1.82) is 0 Å². The van der Waals surface area contributed by atoms with Gasteiger partial charge in [0.05, 0.1) is 34.5 Å². The number of aromatic nitrogens is 4. The van der Waals surface area contributed by atoms with Crippen LogP contribution < -0.4 is 10.6 Å². The Hall–Kier alpha value is -3.10. The van der Waals surface area contributed by atoms with Crippen molar-refractivity contribution in [3.63, 3.8) is 0 Å². The first kappa shape index (κ1) is 22.7. The predicted octanol–water partition coefficient (Wildman–Crippen LogP) is 4.03. The zero-order valence-electron chi connectivity index (χ0n) is 18.4. The van der Waals surface area contributed by atoms with E-state index in [9.17, 15) is 9.59 Å². The topological polar surface area (TPSA) is 92.8 Å². The van der Waals surface area contributed by atoms with Gasteiger partial charge in [-0.05, 0) is 43.5 Å². The minimum Gasteiger partial charge on any atom is -0.350 e. The van der Waals surface area contributed by atoms with Crippen LogP contribution in [0.25, 0.3) is 11.3 Å². The van der Waals surface area contributed by atoms with Gasteiger partial charge in [0.2, 0.25) is 11.8 Å². The number of nitrogens with one attached hydrogen (secondary N) is 2. The number of fused-ring (bicyclic) bond motifs is 2. The van der Waals surface area contributed by atoms with Crippen LogP contribution in [-0.2, 0) is 22.7 Å². The van der Waals surface area contributed by atoms with Crippen LogP contribution in [0, 0.1) is 11.8 Å². The van der Waals surface area contributed by atoms with E-state index in [1.165, 1.54) is 0 Å². The van der Waals surface area contributed by atoms with Crippen LogP contribution in [0.4, 0.5) is 0 Å². The Morgan fingerprint density at radius 3 is 1.74 bits per heavy atom. The molecule has 8 nitrogen and oxygen atoms in total. The van der Waals surface area contributed by atoms with Crippen molar-refractivity contribution in [3.8, 4) is 0 Å². The summed E-state index contributed by atoms with van der Waals surface area (Å²) in [5, 5.41) is 7.20. The molecule has 2 N–H and O–H groups in total. The highest BCUT2D eigenvalue weighted by molar-refractivity contribution is 6.30. The highest BCUT2D eigenvalue weighted by Crippen LogP contribution is 2.29. The number of carbonyl (C=O) groups is 2. The molecule has 2 amide bonds. The molecule has 4 heterocycles. The smallest absolute Gasteiger partial charge is 0.223 e. The molecule has 1 saturated carbocycles. The lowest BCUT2D eigenvalue weighted by atomic mass is 9.80. The molecule has 0 bridgehead atoms. The Labute approximate surface area is 206 Å². The van der Waals surface area contributed by atoms with E-state index < -0.39 is 0 Å². The number of amides is 2. The van der Waals surface area contributed by atoms with Gasteiger partial charge in [0.1, 0.15) is 11.3 Å². The molecule has 1 aliphatic carbocycles. The van der Waals surface area contributed by atoms with E-state index in [2.05, 4.69) is 20.6 Å². The monoisotopic (exact) mass is 498 g/mol. The Balaban J connectivity index is 1.13. The molecule has 5 rings (SSSR count). The standard InChI is InChI=1S/C24H24Cl2N6O2/c25-17-4-6-21-29-19(13-31(21)11-17)9-27-23(33)15-2-1-3-16(8-15)24(34)28-10-20-14-32-12-18(26)5-7-22(32)30-20/h4-7,11-16H,1-3,8-10H2,(H,27,33)(H,28,34). The number of rotatable bonds is 6. The lowest BCUT2D eigenvalue weighted by Crippen LogP contribution is -2.38. The van der Waals surface area contributed by atoms with E-state index in [0.717, 1.165) is 41.9 Å². The van der Waals surface area contributed by atoms with Crippen molar-refractivity contribution in [3.05, 3.63) is 70.5 Å². The van der Waals surface area contributed by atoms with Gasteiger partial charge in [-0.25, -0.2) is 9.97 Å². The van der Waals surface area contributed by atoms with E-state index >= 15 is 0 Å². The van der Waals surface area contributed by atoms with Crippen LogP contribution in [0.3, 0.4) is 0 Å². The average molecular weight is 499 g/mol. The normalized spacial score (nSPS) is 18.3. The molecule has 2 unspecified atom stereocenters. The molecule has 0 saturated heterocycles. The summed E-state index contributed by atoms with van der Waals surface area (Å²) in [5.74, 6) is -0.448. The van der Waals surface area contributed by atoms with Crippen LogP contribution in [0.2, 0.25) is 10.0 Å². The number of nitrogens with zero attached hydrogens (tertiary/aromatic N) is 4. The van der Waals surface area contributed by atoms with Crippen molar-refractivity contribution in [2.75, 3.05) is 0 Å². The molecule has 1 fully saturated rings.